The molecule has 0 aliphatic heterocycles. The Hall–Kier alpha value is -3.68. The average molecular weight is 379 g/mol. The summed E-state index contributed by atoms with van der Waals surface area (Å²) in [5.41, 5.74) is 5.34. The molecule has 0 spiro atoms. The second kappa shape index (κ2) is 9.31. The molecular weight excluding hydrogens is 358 g/mol. The van der Waals surface area contributed by atoms with Crippen molar-refractivity contribution in [2.24, 2.45) is 5.10 Å². The third-order valence-corrected chi connectivity index (χ3v) is 3.70. The fourth-order valence-corrected chi connectivity index (χ4v) is 2.49. The zero-order chi connectivity index (χ0) is 19.8. The van der Waals surface area contributed by atoms with Crippen LogP contribution in [0, 0.1) is 6.92 Å². The quantitative estimate of drug-likeness (QED) is 0.461. The van der Waals surface area contributed by atoms with Crippen molar-refractivity contribution < 1.29 is 9.47 Å². The number of anilines is 1. The summed E-state index contributed by atoms with van der Waals surface area (Å²) in [7, 11) is 0. The van der Waals surface area contributed by atoms with Gasteiger partial charge in [0, 0.05) is 0 Å². The number of hydrogen-bond donors (Lipinski definition) is 2. The van der Waals surface area contributed by atoms with Crippen LogP contribution in [-0.2, 0) is 6.61 Å². The van der Waals surface area contributed by atoms with E-state index in [2.05, 4.69) is 31.8 Å². The average Bonchev–Trinajstić information content (AvgIpc) is 2.68. The molecule has 2 N–H and O–H groups in total. The lowest BCUT2D eigenvalue weighted by Gasteiger charge is -2.13. The van der Waals surface area contributed by atoms with Gasteiger partial charge in [-0.15, -0.1) is 10.2 Å². The van der Waals surface area contributed by atoms with Crippen molar-refractivity contribution in [1.82, 2.24) is 15.2 Å². The van der Waals surface area contributed by atoms with E-state index in [-0.39, 0.29) is 11.5 Å². The predicted octanol–water partition coefficient (Wildman–Crippen LogP) is 2.90. The highest BCUT2D eigenvalue weighted by atomic mass is 16.5. The van der Waals surface area contributed by atoms with Crippen LogP contribution in [0.2, 0.25) is 0 Å². The van der Waals surface area contributed by atoms with Gasteiger partial charge in [-0.05, 0) is 43.2 Å². The maximum absolute atomic E-state index is 11.2. The van der Waals surface area contributed by atoms with Crippen LogP contribution in [0.15, 0.2) is 58.6 Å². The van der Waals surface area contributed by atoms with E-state index < -0.39 is 0 Å². The van der Waals surface area contributed by atoms with Crippen molar-refractivity contribution in [2.45, 2.75) is 20.5 Å². The Morgan fingerprint density at radius 2 is 2.07 bits per heavy atom. The lowest BCUT2D eigenvalue weighted by Crippen LogP contribution is -2.10. The van der Waals surface area contributed by atoms with E-state index >= 15 is 0 Å². The molecule has 0 bridgehead atoms. The first kappa shape index (κ1) is 19.1. The Kier molecular flexibility index (Phi) is 6.35. The molecule has 8 nitrogen and oxygen atoms in total. The SMILES string of the molecule is CCOc1cc(/C=N/Nc2nncc(=O)[nH]2)ccc1OCc1cccc(C)c1. The minimum absolute atomic E-state index is 0.159. The fourth-order valence-electron chi connectivity index (χ4n) is 2.49. The van der Waals surface area contributed by atoms with Crippen molar-refractivity contribution in [1.29, 1.82) is 0 Å². The number of aromatic amines is 1. The highest BCUT2D eigenvalue weighted by molar-refractivity contribution is 5.81. The van der Waals surface area contributed by atoms with Crippen LogP contribution in [0.25, 0.3) is 0 Å². The second-order valence-electron chi connectivity index (χ2n) is 5.97. The lowest BCUT2D eigenvalue weighted by molar-refractivity contribution is 0.269. The van der Waals surface area contributed by atoms with Gasteiger partial charge in [0.05, 0.1) is 12.8 Å². The van der Waals surface area contributed by atoms with Crippen molar-refractivity contribution in [2.75, 3.05) is 12.0 Å². The van der Waals surface area contributed by atoms with Gasteiger partial charge in [-0.2, -0.15) is 5.10 Å². The van der Waals surface area contributed by atoms with Crippen LogP contribution in [-0.4, -0.2) is 28.0 Å². The van der Waals surface area contributed by atoms with Crippen LogP contribution in [0.1, 0.15) is 23.6 Å². The molecule has 0 saturated heterocycles. The van der Waals surface area contributed by atoms with Crippen LogP contribution >= 0.6 is 0 Å². The molecule has 144 valence electrons. The number of aryl methyl sites for hydroxylation is 1. The topological polar surface area (TPSA) is 101 Å². The lowest BCUT2D eigenvalue weighted by atomic mass is 10.1. The molecule has 3 aromatic rings. The largest absolute Gasteiger partial charge is 0.490 e. The number of hydrazone groups is 1. The predicted molar refractivity (Wildman–Crippen MR) is 107 cm³/mol. The van der Waals surface area contributed by atoms with Crippen molar-refractivity contribution >= 4 is 12.2 Å². The number of nitrogens with zero attached hydrogens (tertiary/aromatic N) is 3. The number of hydrogen-bond acceptors (Lipinski definition) is 7. The van der Waals surface area contributed by atoms with Crippen LogP contribution in [0.5, 0.6) is 11.5 Å². The van der Waals surface area contributed by atoms with Gasteiger partial charge in [0.1, 0.15) is 12.8 Å². The maximum Gasteiger partial charge on any atom is 0.271 e. The van der Waals surface area contributed by atoms with E-state index in [0.29, 0.717) is 24.7 Å². The molecule has 0 amide bonds. The van der Waals surface area contributed by atoms with Gasteiger partial charge in [-0.1, -0.05) is 29.8 Å². The first-order valence-corrected chi connectivity index (χ1v) is 8.80. The Morgan fingerprint density at radius 1 is 1.18 bits per heavy atom. The van der Waals surface area contributed by atoms with Gasteiger partial charge < -0.3 is 9.47 Å². The molecule has 0 aliphatic rings. The van der Waals surface area contributed by atoms with E-state index in [1.807, 2.05) is 50.2 Å². The summed E-state index contributed by atoms with van der Waals surface area (Å²) >= 11 is 0. The van der Waals surface area contributed by atoms with Crippen LogP contribution < -0.4 is 20.5 Å². The van der Waals surface area contributed by atoms with Gasteiger partial charge in [0.15, 0.2) is 11.5 Å². The molecule has 0 unspecified atom stereocenters. The summed E-state index contributed by atoms with van der Waals surface area (Å²) in [6.07, 6.45) is 2.67. The van der Waals surface area contributed by atoms with E-state index in [1.165, 1.54) is 5.56 Å². The molecule has 8 heteroatoms. The van der Waals surface area contributed by atoms with Crippen LogP contribution in [0.3, 0.4) is 0 Å². The number of benzene rings is 2. The van der Waals surface area contributed by atoms with Gasteiger partial charge in [0.25, 0.3) is 5.56 Å². The summed E-state index contributed by atoms with van der Waals surface area (Å²) in [4.78, 5) is 13.7. The van der Waals surface area contributed by atoms with E-state index in [1.54, 1.807) is 6.21 Å². The van der Waals surface area contributed by atoms with Crippen LogP contribution in [0.4, 0.5) is 5.95 Å². The second-order valence-corrected chi connectivity index (χ2v) is 5.97. The number of H-pyrrole nitrogens is 1. The summed E-state index contributed by atoms with van der Waals surface area (Å²) in [6, 6.07) is 13.7. The van der Waals surface area contributed by atoms with E-state index in [0.717, 1.165) is 17.3 Å². The minimum Gasteiger partial charge on any atom is -0.490 e. The summed E-state index contributed by atoms with van der Waals surface area (Å²) in [5.74, 6) is 1.45. The van der Waals surface area contributed by atoms with Gasteiger partial charge in [-0.3, -0.25) is 9.78 Å². The highest BCUT2D eigenvalue weighted by Crippen LogP contribution is 2.29. The molecule has 0 saturated carbocycles. The molecule has 0 aliphatic carbocycles. The van der Waals surface area contributed by atoms with Gasteiger partial charge >= 0.3 is 0 Å². The molecular formula is C20H21N5O3. The standard InChI is InChI=1S/C20H21N5O3/c1-3-27-18-10-15(11-21-24-20-23-19(26)12-22-25-20)7-8-17(18)28-13-16-6-4-5-14(2)9-16/h4-12H,3,13H2,1-2H3,(H2,23,24,25,26)/b21-11+. The molecule has 3 rings (SSSR count). The first-order chi connectivity index (χ1) is 13.6. The number of ether oxygens (including phenoxy) is 2. The zero-order valence-electron chi connectivity index (χ0n) is 15.7. The Labute approximate surface area is 162 Å². The minimum atomic E-state index is -0.360. The van der Waals surface area contributed by atoms with Gasteiger partial charge in [-0.25, -0.2) is 5.43 Å². The Balaban J connectivity index is 1.69. The molecule has 1 heterocycles. The van der Waals surface area contributed by atoms with Gasteiger partial charge in [0.2, 0.25) is 5.95 Å². The molecule has 28 heavy (non-hydrogen) atoms. The Bertz CT molecular complexity index is 1020. The monoisotopic (exact) mass is 379 g/mol. The third kappa shape index (κ3) is 5.41. The van der Waals surface area contributed by atoms with Crippen molar-refractivity contribution in [3.05, 3.63) is 75.7 Å². The summed E-state index contributed by atoms with van der Waals surface area (Å²) in [6.45, 7) is 4.93. The normalized spacial score (nSPS) is 10.8. The first-order valence-electron chi connectivity index (χ1n) is 8.80. The maximum atomic E-state index is 11.2. The third-order valence-electron chi connectivity index (χ3n) is 3.70. The number of aromatic nitrogens is 3. The zero-order valence-corrected chi connectivity index (χ0v) is 15.7. The smallest absolute Gasteiger partial charge is 0.271 e. The summed E-state index contributed by atoms with van der Waals surface area (Å²) in [5, 5.41) is 11.3. The number of rotatable bonds is 8. The highest BCUT2D eigenvalue weighted by Gasteiger charge is 2.07. The molecule has 0 fully saturated rings. The molecule has 1 aromatic heterocycles. The number of nitrogens with one attached hydrogen (secondary N) is 2. The molecule has 0 radical (unpaired) electrons. The molecule has 2 aromatic carbocycles. The Morgan fingerprint density at radius 3 is 2.86 bits per heavy atom. The van der Waals surface area contributed by atoms with E-state index in [4.69, 9.17) is 9.47 Å². The van der Waals surface area contributed by atoms with Crippen molar-refractivity contribution in [3.8, 4) is 11.5 Å². The summed E-state index contributed by atoms with van der Waals surface area (Å²) < 4.78 is 11.6. The van der Waals surface area contributed by atoms with E-state index in [9.17, 15) is 4.79 Å². The van der Waals surface area contributed by atoms with Crippen molar-refractivity contribution in [3.63, 3.8) is 0 Å². The molecule has 0 atom stereocenters. The fraction of sp³-hybridized carbons (Fsp3) is 0.200.